The fraction of sp³-hybridized carbons (Fsp3) is 0.903. The molecule has 2 aliphatic heterocycles. The Balaban J connectivity index is 1.41. The van der Waals surface area contributed by atoms with Gasteiger partial charge in [0.25, 0.3) is 0 Å². The van der Waals surface area contributed by atoms with Gasteiger partial charge in [0, 0.05) is 11.3 Å². The Bertz CT molecular complexity index is 1020. The van der Waals surface area contributed by atoms with E-state index in [1.54, 1.807) is 7.11 Å². The molecule has 0 radical (unpaired) electrons. The predicted octanol–water partition coefficient (Wildman–Crippen LogP) is 5.97. The third-order valence-corrected chi connectivity index (χ3v) is 12.9. The number of hydrogen-bond donors (Lipinski definition) is 1. The zero-order valence-corrected chi connectivity index (χ0v) is 23.8. The van der Waals surface area contributed by atoms with Crippen molar-refractivity contribution in [3.63, 3.8) is 0 Å². The Morgan fingerprint density at radius 1 is 0.833 bits per heavy atom. The summed E-state index contributed by atoms with van der Waals surface area (Å²) in [5.41, 5.74) is -1.69. The summed E-state index contributed by atoms with van der Waals surface area (Å²) in [5, 5.41) is 10.9. The number of aliphatic hydroxyl groups is 1. The Morgan fingerprint density at radius 3 is 2.22 bits per heavy atom. The zero-order chi connectivity index (χ0) is 26.2. The smallest absolute Gasteiger partial charge is 0.312 e. The molecule has 0 aromatic rings. The average molecular weight is 501 g/mol. The van der Waals surface area contributed by atoms with Gasteiger partial charge in [0.2, 0.25) is 0 Å². The van der Waals surface area contributed by atoms with Gasteiger partial charge in [-0.25, -0.2) is 0 Å². The lowest BCUT2D eigenvalue weighted by Crippen LogP contribution is -2.59. The van der Waals surface area contributed by atoms with Crippen LogP contribution in [0.4, 0.5) is 0 Å². The molecule has 1 N–H and O–H groups in total. The Morgan fingerprint density at radius 2 is 1.53 bits per heavy atom. The van der Waals surface area contributed by atoms with Crippen LogP contribution < -0.4 is 0 Å². The Labute approximate surface area is 217 Å². The van der Waals surface area contributed by atoms with E-state index >= 15 is 0 Å². The van der Waals surface area contributed by atoms with Crippen LogP contribution in [0.25, 0.3) is 0 Å². The molecule has 4 aliphatic carbocycles. The van der Waals surface area contributed by atoms with Gasteiger partial charge in [0.15, 0.2) is 0 Å². The minimum Gasteiger partial charge on any atom is -0.469 e. The summed E-state index contributed by atoms with van der Waals surface area (Å²) in [7, 11) is 1.54. The van der Waals surface area contributed by atoms with Gasteiger partial charge >= 0.3 is 5.97 Å². The predicted molar refractivity (Wildman–Crippen MR) is 138 cm³/mol. The summed E-state index contributed by atoms with van der Waals surface area (Å²) < 4.78 is 19.0. The fourth-order valence-electron chi connectivity index (χ4n) is 10.3. The maximum Gasteiger partial charge on any atom is 0.312 e. The molecule has 5 nitrogen and oxygen atoms in total. The first-order valence-corrected chi connectivity index (χ1v) is 14.4. The molecule has 202 valence electrons. The van der Waals surface area contributed by atoms with Crippen molar-refractivity contribution in [1.82, 2.24) is 0 Å². The van der Waals surface area contributed by atoms with E-state index in [1.807, 2.05) is 0 Å². The molecule has 2 heterocycles. The first-order chi connectivity index (χ1) is 16.6. The lowest BCUT2D eigenvalue weighted by Gasteiger charge is -2.58. The van der Waals surface area contributed by atoms with Gasteiger partial charge < -0.3 is 19.3 Å². The largest absolute Gasteiger partial charge is 0.469 e. The monoisotopic (exact) mass is 500 g/mol. The summed E-state index contributed by atoms with van der Waals surface area (Å²) in [6, 6.07) is 0. The molecule has 0 spiro atoms. The van der Waals surface area contributed by atoms with Crippen molar-refractivity contribution in [2.75, 3.05) is 7.11 Å². The molecule has 6 rings (SSSR count). The summed E-state index contributed by atoms with van der Waals surface area (Å²) in [6.45, 7) is 16.1. The molecule has 0 aromatic carbocycles. The molecule has 36 heavy (non-hydrogen) atoms. The van der Waals surface area contributed by atoms with Gasteiger partial charge in [0.05, 0.1) is 29.8 Å². The molecule has 0 amide bonds. The van der Waals surface area contributed by atoms with E-state index in [2.05, 4.69) is 60.6 Å². The molecule has 4 saturated carbocycles. The number of ether oxygens (including phenoxy) is 3. The second-order valence-corrected chi connectivity index (χ2v) is 15.5. The van der Waals surface area contributed by atoms with Crippen LogP contribution in [0.3, 0.4) is 0 Å². The number of aliphatic hydroxyl groups excluding tert-OH is 1. The van der Waals surface area contributed by atoms with Gasteiger partial charge in [-0.1, -0.05) is 46.8 Å². The first kappa shape index (κ1) is 25.4. The standard InChI is InChI=1S/C31H48O5/c1-24(2)13-15-29(23(33)34-8)16-14-27(6)30(35-27,21(29)19-24)17-18-31-26(5)11-10-22(32)25(3,4)20(26)9-12-28(31,7)36-31/h17-18,20-22,32H,9-16,19H2,1-8H3/b18-17-/t20?,21-,22+,26+,27+,28-,29+,30-,31+/m1/s1. The van der Waals surface area contributed by atoms with Gasteiger partial charge in [0.1, 0.15) is 11.2 Å². The summed E-state index contributed by atoms with van der Waals surface area (Å²) in [4.78, 5) is 13.4. The topological polar surface area (TPSA) is 71.6 Å². The quantitative estimate of drug-likeness (QED) is 0.293. The third-order valence-electron chi connectivity index (χ3n) is 12.9. The molecular weight excluding hydrogens is 452 g/mol. The van der Waals surface area contributed by atoms with Crippen molar-refractivity contribution < 1.29 is 24.1 Å². The Kier molecular flexibility index (Phi) is 4.92. The van der Waals surface area contributed by atoms with E-state index < -0.39 is 11.0 Å². The highest BCUT2D eigenvalue weighted by molar-refractivity contribution is 5.78. The minimum absolute atomic E-state index is 0.0406. The van der Waals surface area contributed by atoms with Crippen LogP contribution in [0.1, 0.15) is 106 Å². The summed E-state index contributed by atoms with van der Waals surface area (Å²) in [5.74, 6) is 0.452. The number of esters is 1. The van der Waals surface area contributed by atoms with E-state index in [0.717, 1.165) is 57.8 Å². The number of epoxide rings is 2. The van der Waals surface area contributed by atoms with Crippen LogP contribution in [-0.4, -0.2) is 46.7 Å². The van der Waals surface area contributed by atoms with E-state index in [0.29, 0.717) is 5.92 Å². The fourth-order valence-corrected chi connectivity index (χ4v) is 10.3. The number of carbonyl (C=O) groups excluding carboxylic acids is 1. The number of methoxy groups -OCH3 is 1. The molecule has 2 saturated heterocycles. The molecule has 0 aromatic heterocycles. The van der Waals surface area contributed by atoms with E-state index in [1.165, 1.54) is 0 Å². The van der Waals surface area contributed by atoms with Crippen LogP contribution in [0.5, 0.6) is 0 Å². The molecule has 0 bridgehead atoms. The van der Waals surface area contributed by atoms with Crippen LogP contribution in [0.15, 0.2) is 12.2 Å². The van der Waals surface area contributed by atoms with Crippen LogP contribution in [-0.2, 0) is 19.0 Å². The molecule has 1 unspecified atom stereocenters. The molecule has 5 heteroatoms. The van der Waals surface area contributed by atoms with Gasteiger partial charge in [-0.15, -0.1) is 0 Å². The summed E-state index contributed by atoms with van der Waals surface area (Å²) >= 11 is 0. The van der Waals surface area contributed by atoms with E-state index in [-0.39, 0.29) is 51.0 Å². The van der Waals surface area contributed by atoms with E-state index in [4.69, 9.17) is 14.2 Å². The lowest BCUT2D eigenvalue weighted by atomic mass is 9.45. The van der Waals surface area contributed by atoms with Crippen molar-refractivity contribution in [1.29, 1.82) is 0 Å². The van der Waals surface area contributed by atoms with E-state index in [9.17, 15) is 9.90 Å². The molecule has 6 fully saturated rings. The maximum absolute atomic E-state index is 13.4. The first-order valence-electron chi connectivity index (χ1n) is 14.4. The van der Waals surface area contributed by atoms with Crippen molar-refractivity contribution in [3.05, 3.63) is 12.2 Å². The molecular formula is C31H48O5. The number of carbonyl (C=O) groups is 1. The van der Waals surface area contributed by atoms with Crippen molar-refractivity contribution in [2.45, 2.75) is 135 Å². The van der Waals surface area contributed by atoms with Crippen LogP contribution in [0, 0.1) is 33.5 Å². The summed E-state index contributed by atoms with van der Waals surface area (Å²) in [6.07, 6.45) is 13.0. The van der Waals surface area contributed by atoms with Gasteiger partial charge in [-0.2, -0.15) is 0 Å². The number of rotatable bonds is 3. The normalized spacial score (nSPS) is 56.1. The van der Waals surface area contributed by atoms with Crippen molar-refractivity contribution in [2.24, 2.45) is 33.5 Å². The average Bonchev–Trinajstić information content (AvgIpc) is 3.65. The second-order valence-electron chi connectivity index (χ2n) is 15.5. The van der Waals surface area contributed by atoms with Gasteiger partial charge in [-0.3, -0.25) is 4.79 Å². The van der Waals surface area contributed by atoms with Gasteiger partial charge in [-0.05, 0) is 88.4 Å². The molecule has 9 atom stereocenters. The third kappa shape index (κ3) is 2.81. The van der Waals surface area contributed by atoms with Crippen LogP contribution >= 0.6 is 0 Å². The highest BCUT2D eigenvalue weighted by Crippen LogP contribution is 2.75. The maximum atomic E-state index is 13.4. The highest BCUT2D eigenvalue weighted by Gasteiger charge is 2.81. The van der Waals surface area contributed by atoms with Crippen LogP contribution in [0.2, 0.25) is 0 Å². The number of fused-ring (bicyclic) bond motifs is 6. The Hall–Kier alpha value is -0.910. The highest BCUT2D eigenvalue weighted by atomic mass is 16.6. The SMILES string of the molecule is COC(=O)[C@]12CCC(C)(C)C[C@H]1[C@@]1(/C=C\[C@@]34O[C@]3(C)CCC3C(C)(C)[C@@H](O)CC[C@@]34C)O[C@@]1(C)CC2. The minimum atomic E-state index is -0.466. The second kappa shape index (κ2) is 6.99. The van der Waals surface area contributed by atoms with Crippen molar-refractivity contribution >= 4 is 5.97 Å². The van der Waals surface area contributed by atoms with Crippen molar-refractivity contribution in [3.8, 4) is 0 Å². The number of hydrogen-bond acceptors (Lipinski definition) is 5. The lowest BCUT2D eigenvalue weighted by molar-refractivity contribution is -0.166. The molecule has 6 aliphatic rings. The zero-order valence-electron chi connectivity index (χ0n) is 23.8.